The Morgan fingerprint density at radius 3 is 2.67 bits per heavy atom. The highest BCUT2D eigenvalue weighted by molar-refractivity contribution is 5.94. The molecule has 0 saturated carbocycles. The average Bonchev–Trinajstić information content (AvgIpc) is 2.92. The summed E-state index contributed by atoms with van der Waals surface area (Å²) in [6.07, 6.45) is 3.37. The van der Waals surface area contributed by atoms with E-state index in [1.807, 2.05) is 6.92 Å². The summed E-state index contributed by atoms with van der Waals surface area (Å²) in [5, 5.41) is 2.85. The van der Waals surface area contributed by atoms with Crippen molar-refractivity contribution in [2.45, 2.75) is 13.0 Å². The number of benzene rings is 1. The highest BCUT2D eigenvalue weighted by Crippen LogP contribution is 2.10. The molecule has 6 heteroatoms. The van der Waals surface area contributed by atoms with E-state index in [1.165, 1.54) is 0 Å². The number of anilines is 1. The summed E-state index contributed by atoms with van der Waals surface area (Å²) in [6.45, 7) is 1.87. The minimum atomic E-state index is -0.167. The number of carbonyl (C=O) groups is 1. The average molecular weight is 245 g/mol. The number of H-pyrrole nitrogens is 1. The molecule has 1 amide bonds. The Balaban J connectivity index is 2.03. The van der Waals surface area contributed by atoms with Crippen molar-refractivity contribution in [3.8, 4) is 0 Å². The Bertz CT molecular complexity index is 506. The van der Waals surface area contributed by atoms with Gasteiger partial charge >= 0.3 is 0 Å². The number of nitrogens with zero attached hydrogens (tertiary/aromatic N) is 1. The first-order valence-electron chi connectivity index (χ1n) is 5.57. The summed E-state index contributed by atoms with van der Waals surface area (Å²) in [5.74, 6) is 5.83. The number of hydrogen-bond donors (Lipinski definition) is 4. The first-order chi connectivity index (χ1) is 8.70. The van der Waals surface area contributed by atoms with Gasteiger partial charge in [0, 0.05) is 23.6 Å². The van der Waals surface area contributed by atoms with Gasteiger partial charge in [-0.15, -0.1) is 0 Å². The van der Waals surface area contributed by atoms with Crippen LogP contribution in [0.15, 0.2) is 36.7 Å². The van der Waals surface area contributed by atoms with Crippen molar-refractivity contribution < 1.29 is 4.79 Å². The van der Waals surface area contributed by atoms with Gasteiger partial charge in [-0.25, -0.2) is 4.98 Å². The highest BCUT2D eigenvalue weighted by atomic mass is 16.1. The lowest BCUT2D eigenvalue weighted by Crippen LogP contribution is -2.27. The number of amides is 1. The molecule has 2 rings (SSSR count). The van der Waals surface area contributed by atoms with Crippen LogP contribution in [0.1, 0.15) is 29.1 Å². The summed E-state index contributed by atoms with van der Waals surface area (Å²) in [5.41, 5.74) is 3.84. The van der Waals surface area contributed by atoms with E-state index >= 15 is 0 Å². The van der Waals surface area contributed by atoms with E-state index in [4.69, 9.17) is 5.84 Å². The van der Waals surface area contributed by atoms with Crippen LogP contribution in [0.2, 0.25) is 0 Å². The fourth-order valence-corrected chi connectivity index (χ4v) is 1.58. The minimum absolute atomic E-state index is 0.150. The zero-order chi connectivity index (χ0) is 13.0. The third-order valence-corrected chi connectivity index (χ3v) is 2.59. The van der Waals surface area contributed by atoms with Crippen LogP contribution in [-0.4, -0.2) is 15.9 Å². The lowest BCUT2D eigenvalue weighted by Gasteiger charge is -2.11. The maximum atomic E-state index is 11.9. The maximum Gasteiger partial charge on any atom is 0.251 e. The SMILES string of the molecule is CC(NC(=O)c1ccc(NN)cc1)c1ncc[nH]1. The van der Waals surface area contributed by atoms with Crippen molar-refractivity contribution >= 4 is 11.6 Å². The van der Waals surface area contributed by atoms with Gasteiger partial charge in [0.15, 0.2) is 0 Å². The lowest BCUT2D eigenvalue weighted by atomic mass is 10.2. The fourth-order valence-electron chi connectivity index (χ4n) is 1.58. The fraction of sp³-hybridized carbons (Fsp3) is 0.167. The van der Waals surface area contributed by atoms with E-state index in [1.54, 1.807) is 36.7 Å². The van der Waals surface area contributed by atoms with E-state index in [0.29, 0.717) is 5.56 Å². The number of carbonyl (C=O) groups excluding carboxylic acids is 1. The van der Waals surface area contributed by atoms with Gasteiger partial charge in [0.25, 0.3) is 5.91 Å². The summed E-state index contributed by atoms with van der Waals surface area (Å²) < 4.78 is 0. The topological polar surface area (TPSA) is 95.8 Å². The molecule has 0 saturated heterocycles. The number of nitrogens with two attached hydrogens (primary N) is 1. The predicted octanol–water partition coefficient (Wildman–Crippen LogP) is 1.19. The van der Waals surface area contributed by atoms with Crippen LogP contribution in [0, 0.1) is 0 Å². The molecule has 0 aliphatic heterocycles. The lowest BCUT2D eigenvalue weighted by molar-refractivity contribution is 0.0938. The molecule has 0 aliphatic carbocycles. The monoisotopic (exact) mass is 245 g/mol. The van der Waals surface area contributed by atoms with Gasteiger partial charge < -0.3 is 15.7 Å². The van der Waals surface area contributed by atoms with Gasteiger partial charge in [-0.1, -0.05) is 0 Å². The van der Waals surface area contributed by atoms with Crippen molar-refractivity contribution in [3.63, 3.8) is 0 Å². The summed E-state index contributed by atoms with van der Waals surface area (Å²) in [6, 6.07) is 6.73. The molecule has 18 heavy (non-hydrogen) atoms. The third kappa shape index (κ3) is 2.67. The Hall–Kier alpha value is -2.34. The smallest absolute Gasteiger partial charge is 0.251 e. The molecule has 6 nitrogen and oxygen atoms in total. The summed E-state index contributed by atoms with van der Waals surface area (Å²) in [4.78, 5) is 19.0. The molecule has 1 unspecified atom stereocenters. The molecular weight excluding hydrogens is 230 g/mol. The molecule has 0 fully saturated rings. The van der Waals surface area contributed by atoms with Crippen LogP contribution in [0.3, 0.4) is 0 Å². The minimum Gasteiger partial charge on any atom is -0.347 e. The molecule has 94 valence electrons. The highest BCUT2D eigenvalue weighted by Gasteiger charge is 2.12. The molecule has 0 aliphatic rings. The van der Waals surface area contributed by atoms with Gasteiger partial charge in [0.2, 0.25) is 0 Å². The van der Waals surface area contributed by atoms with Crippen LogP contribution >= 0.6 is 0 Å². The van der Waals surface area contributed by atoms with E-state index in [9.17, 15) is 4.79 Å². The van der Waals surface area contributed by atoms with Gasteiger partial charge in [-0.05, 0) is 31.2 Å². The summed E-state index contributed by atoms with van der Waals surface area (Å²) in [7, 11) is 0. The molecule has 1 atom stereocenters. The number of nitrogens with one attached hydrogen (secondary N) is 3. The van der Waals surface area contributed by atoms with Crippen LogP contribution in [0.25, 0.3) is 0 Å². The Morgan fingerprint density at radius 2 is 2.11 bits per heavy atom. The van der Waals surface area contributed by atoms with E-state index in [-0.39, 0.29) is 11.9 Å². The number of imidazole rings is 1. The molecule has 1 aromatic heterocycles. The van der Waals surface area contributed by atoms with E-state index < -0.39 is 0 Å². The van der Waals surface area contributed by atoms with Crippen molar-refractivity contribution in [3.05, 3.63) is 48.0 Å². The van der Waals surface area contributed by atoms with Crippen LogP contribution in [0.4, 0.5) is 5.69 Å². The first kappa shape index (κ1) is 12.1. The second-order valence-corrected chi connectivity index (χ2v) is 3.89. The Morgan fingerprint density at radius 1 is 1.39 bits per heavy atom. The normalized spacial score (nSPS) is 11.9. The molecule has 5 N–H and O–H groups in total. The van der Waals surface area contributed by atoms with Crippen molar-refractivity contribution in [2.24, 2.45) is 5.84 Å². The Labute approximate surface area is 105 Å². The van der Waals surface area contributed by atoms with Gasteiger partial charge in [-0.3, -0.25) is 10.6 Å². The number of hydrogen-bond acceptors (Lipinski definition) is 4. The van der Waals surface area contributed by atoms with Gasteiger partial charge in [0.1, 0.15) is 5.82 Å². The zero-order valence-electron chi connectivity index (χ0n) is 9.97. The predicted molar refractivity (Wildman–Crippen MR) is 68.7 cm³/mol. The number of aromatic nitrogens is 2. The molecule has 2 aromatic rings. The number of aromatic amines is 1. The largest absolute Gasteiger partial charge is 0.347 e. The van der Waals surface area contributed by atoms with E-state index in [0.717, 1.165) is 11.5 Å². The second kappa shape index (κ2) is 5.33. The number of nitrogen functional groups attached to an aromatic ring is 1. The standard InChI is InChI=1S/C12H15N5O/c1-8(11-14-6-7-15-11)16-12(18)9-2-4-10(17-13)5-3-9/h2-8,17H,13H2,1H3,(H,14,15)(H,16,18). The van der Waals surface area contributed by atoms with E-state index in [2.05, 4.69) is 20.7 Å². The van der Waals surface area contributed by atoms with Crippen LogP contribution in [-0.2, 0) is 0 Å². The summed E-state index contributed by atoms with van der Waals surface area (Å²) >= 11 is 0. The molecule has 0 radical (unpaired) electrons. The first-order valence-corrected chi connectivity index (χ1v) is 5.57. The van der Waals surface area contributed by atoms with Crippen LogP contribution in [0.5, 0.6) is 0 Å². The van der Waals surface area contributed by atoms with Crippen molar-refractivity contribution in [1.29, 1.82) is 0 Å². The number of rotatable bonds is 4. The van der Waals surface area contributed by atoms with Gasteiger partial charge in [0.05, 0.1) is 6.04 Å². The quantitative estimate of drug-likeness (QED) is 0.480. The Kier molecular flexibility index (Phi) is 3.59. The van der Waals surface area contributed by atoms with Crippen molar-refractivity contribution in [2.75, 3.05) is 5.43 Å². The molecular formula is C12H15N5O. The molecule has 0 bridgehead atoms. The maximum absolute atomic E-state index is 11.9. The van der Waals surface area contributed by atoms with Crippen molar-refractivity contribution in [1.82, 2.24) is 15.3 Å². The molecule has 1 aromatic carbocycles. The molecule has 0 spiro atoms. The molecule has 1 heterocycles. The van der Waals surface area contributed by atoms with Gasteiger partial charge in [-0.2, -0.15) is 0 Å². The number of hydrazine groups is 1. The van der Waals surface area contributed by atoms with Crippen LogP contribution < -0.4 is 16.6 Å². The zero-order valence-corrected chi connectivity index (χ0v) is 9.97. The third-order valence-electron chi connectivity index (χ3n) is 2.59. The second-order valence-electron chi connectivity index (χ2n) is 3.89.